The molecule has 0 fully saturated rings. The molecule has 0 saturated heterocycles. The van der Waals surface area contributed by atoms with Gasteiger partial charge in [-0.15, -0.1) is 0 Å². The lowest BCUT2D eigenvalue weighted by Crippen LogP contribution is -2.05. The minimum Gasteiger partial charge on any atom is -0.504 e. The summed E-state index contributed by atoms with van der Waals surface area (Å²) in [6, 6.07) is 4.75. The van der Waals surface area contributed by atoms with Crippen molar-refractivity contribution in [3.05, 3.63) is 36.4 Å². The molecule has 1 rings (SSSR count). The number of hydrogen-bond donors (Lipinski definition) is 1. The largest absolute Gasteiger partial charge is 0.504 e. The Labute approximate surface area is 76.3 Å². The zero-order chi connectivity index (χ0) is 9.84. The van der Waals surface area contributed by atoms with E-state index in [1.54, 1.807) is 6.07 Å². The Morgan fingerprint density at radius 2 is 2.31 bits per heavy atom. The van der Waals surface area contributed by atoms with Crippen molar-refractivity contribution in [3.8, 4) is 11.5 Å². The van der Waals surface area contributed by atoms with E-state index in [4.69, 9.17) is 4.74 Å². The van der Waals surface area contributed by atoms with Crippen LogP contribution in [0.3, 0.4) is 0 Å². The highest BCUT2D eigenvalue weighted by Gasteiger charge is 2.06. The average Bonchev–Trinajstić information content (AvgIpc) is 2.09. The average molecular weight is 182 g/mol. The lowest BCUT2D eigenvalue weighted by Gasteiger charge is -2.09. The molecule has 0 aliphatic rings. The molecule has 1 atom stereocenters. The molecule has 0 bridgehead atoms. The Morgan fingerprint density at radius 3 is 2.85 bits per heavy atom. The normalized spacial score (nSPS) is 12.2. The highest BCUT2D eigenvalue weighted by molar-refractivity contribution is 5.41. The van der Waals surface area contributed by atoms with Crippen LogP contribution in [-0.4, -0.2) is 11.5 Å². The van der Waals surface area contributed by atoms with E-state index in [1.165, 1.54) is 12.1 Å². The summed E-state index contributed by atoms with van der Waals surface area (Å²) in [6.45, 7) is 5.05. The van der Waals surface area contributed by atoms with Crippen molar-refractivity contribution in [1.82, 2.24) is 0 Å². The summed E-state index contributed by atoms with van der Waals surface area (Å²) in [7, 11) is 0. The van der Waals surface area contributed by atoms with Gasteiger partial charge in [0, 0.05) is 0 Å². The van der Waals surface area contributed by atoms with Gasteiger partial charge in [-0.2, -0.15) is 4.39 Å². The van der Waals surface area contributed by atoms with Crippen molar-refractivity contribution < 1.29 is 14.2 Å². The topological polar surface area (TPSA) is 29.5 Å². The summed E-state index contributed by atoms with van der Waals surface area (Å²) in [5, 5.41) is 9.31. The molecule has 0 aliphatic carbocycles. The second-order valence-corrected chi connectivity index (χ2v) is 2.68. The zero-order valence-corrected chi connectivity index (χ0v) is 7.33. The van der Waals surface area contributed by atoms with Gasteiger partial charge in [0.25, 0.3) is 6.36 Å². The molecule has 1 unspecified atom stereocenters. The molecule has 0 spiro atoms. The predicted molar refractivity (Wildman–Crippen MR) is 48.6 cm³/mol. The maximum absolute atomic E-state index is 12.6. The molecule has 0 radical (unpaired) electrons. The van der Waals surface area contributed by atoms with Crippen molar-refractivity contribution in [2.45, 2.75) is 13.3 Å². The van der Waals surface area contributed by atoms with Gasteiger partial charge in [-0.3, -0.25) is 0 Å². The van der Waals surface area contributed by atoms with Crippen LogP contribution >= 0.6 is 0 Å². The molecule has 1 aromatic carbocycles. The van der Waals surface area contributed by atoms with Gasteiger partial charge in [-0.05, 0) is 30.7 Å². The number of aromatic hydroxyl groups is 1. The minimum atomic E-state index is -1.59. The molecule has 0 amide bonds. The summed E-state index contributed by atoms with van der Waals surface area (Å²) >= 11 is 0. The Morgan fingerprint density at radius 1 is 1.62 bits per heavy atom. The lowest BCUT2D eigenvalue weighted by molar-refractivity contribution is 0.110. The Kier molecular flexibility index (Phi) is 2.90. The van der Waals surface area contributed by atoms with Gasteiger partial charge in [-0.1, -0.05) is 12.6 Å². The van der Waals surface area contributed by atoms with Crippen LogP contribution in [-0.2, 0) is 0 Å². The van der Waals surface area contributed by atoms with E-state index in [9.17, 15) is 9.50 Å². The smallest absolute Gasteiger partial charge is 0.257 e. The number of halogens is 1. The van der Waals surface area contributed by atoms with Crippen LogP contribution in [0, 0.1) is 6.92 Å². The third-order valence-electron chi connectivity index (χ3n) is 1.54. The standard InChI is InChI=1S/C10H11FO2/c1-3-10(11)13-9-5-4-7(2)6-8(9)12/h3-6,10,12H,1H2,2H3. The molecular weight excluding hydrogens is 171 g/mol. The first-order valence-corrected chi connectivity index (χ1v) is 3.86. The van der Waals surface area contributed by atoms with Gasteiger partial charge in [-0.25, -0.2) is 0 Å². The second-order valence-electron chi connectivity index (χ2n) is 2.68. The van der Waals surface area contributed by atoms with Crippen LogP contribution in [0.4, 0.5) is 4.39 Å². The van der Waals surface area contributed by atoms with Gasteiger partial charge in [0.2, 0.25) is 0 Å². The zero-order valence-electron chi connectivity index (χ0n) is 7.33. The van der Waals surface area contributed by atoms with E-state index < -0.39 is 6.36 Å². The number of alkyl halides is 1. The van der Waals surface area contributed by atoms with Gasteiger partial charge in [0.05, 0.1) is 0 Å². The first-order chi connectivity index (χ1) is 6.13. The number of ether oxygens (including phenoxy) is 1. The molecule has 2 nitrogen and oxygen atoms in total. The Hall–Kier alpha value is -1.51. The molecule has 1 aromatic rings. The Balaban J connectivity index is 2.83. The van der Waals surface area contributed by atoms with E-state index in [-0.39, 0.29) is 11.5 Å². The van der Waals surface area contributed by atoms with E-state index in [1.807, 2.05) is 6.92 Å². The number of rotatable bonds is 3. The SMILES string of the molecule is C=CC(F)Oc1ccc(C)cc1O. The minimum absolute atomic E-state index is 0.0653. The predicted octanol–water partition coefficient (Wildman–Crippen LogP) is 2.56. The summed E-state index contributed by atoms with van der Waals surface area (Å²) in [6.07, 6.45) is -0.576. The molecule has 0 aliphatic heterocycles. The van der Waals surface area contributed by atoms with Crippen LogP contribution in [0.2, 0.25) is 0 Å². The van der Waals surface area contributed by atoms with Crippen LogP contribution < -0.4 is 4.74 Å². The van der Waals surface area contributed by atoms with Crippen molar-refractivity contribution in [2.75, 3.05) is 0 Å². The summed E-state index contributed by atoms with van der Waals surface area (Å²) in [4.78, 5) is 0. The van der Waals surface area contributed by atoms with Crippen molar-refractivity contribution >= 4 is 0 Å². The first kappa shape index (κ1) is 9.58. The molecule has 70 valence electrons. The van der Waals surface area contributed by atoms with Crippen molar-refractivity contribution in [3.63, 3.8) is 0 Å². The molecule has 3 heteroatoms. The van der Waals surface area contributed by atoms with Gasteiger partial charge in [0.15, 0.2) is 11.5 Å². The summed E-state index contributed by atoms with van der Waals surface area (Å²) in [5.41, 5.74) is 0.888. The quantitative estimate of drug-likeness (QED) is 0.728. The number of hydrogen-bond acceptors (Lipinski definition) is 2. The van der Waals surface area contributed by atoms with E-state index in [0.29, 0.717) is 0 Å². The van der Waals surface area contributed by atoms with Crippen LogP contribution in [0.1, 0.15) is 5.56 Å². The molecule has 0 saturated carbocycles. The van der Waals surface area contributed by atoms with Gasteiger partial charge in [0.1, 0.15) is 0 Å². The summed E-state index contributed by atoms with van der Waals surface area (Å²) < 4.78 is 17.4. The third kappa shape index (κ3) is 2.47. The molecule has 0 heterocycles. The molecule has 1 N–H and O–H groups in total. The van der Waals surface area contributed by atoms with Crippen LogP contribution in [0.5, 0.6) is 11.5 Å². The fourth-order valence-corrected chi connectivity index (χ4v) is 0.896. The molecular formula is C10H11FO2. The summed E-state index contributed by atoms with van der Waals surface area (Å²) in [5.74, 6) is 0.0579. The highest BCUT2D eigenvalue weighted by Crippen LogP contribution is 2.27. The van der Waals surface area contributed by atoms with Gasteiger partial charge >= 0.3 is 0 Å². The third-order valence-corrected chi connectivity index (χ3v) is 1.54. The maximum Gasteiger partial charge on any atom is 0.257 e. The highest BCUT2D eigenvalue weighted by atomic mass is 19.1. The fourth-order valence-electron chi connectivity index (χ4n) is 0.896. The maximum atomic E-state index is 12.6. The van der Waals surface area contributed by atoms with Crippen molar-refractivity contribution in [1.29, 1.82) is 0 Å². The molecule has 13 heavy (non-hydrogen) atoms. The van der Waals surface area contributed by atoms with E-state index in [2.05, 4.69) is 6.58 Å². The number of benzene rings is 1. The van der Waals surface area contributed by atoms with Crippen LogP contribution in [0.15, 0.2) is 30.9 Å². The number of phenolic OH excluding ortho intramolecular Hbond substituents is 1. The number of phenols is 1. The lowest BCUT2D eigenvalue weighted by atomic mass is 10.2. The monoisotopic (exact) mass is 182 g/mol. The van der Waals surface area contributed by atoms with Crippen LogP contribution in [0.25, 0.3) is 0 Å². The second kappa shape index (κ2) is 3.94. The van der Waals surface area contributed by atoms with Gasteiger partial charge < -0.3 is 9.84 Å². The number of aryl methyl sites for hydroxylation is 1. The van der Waals surface area contributed by atoms with E-state index in [0.717, 1.165) is 11.6 Å². The first-order valence-electron chi connectivity index (χ1n) is 3.86. The Bertz CT molecular complexity index is 310. The molecule has 0 aromatic heterocycles. The van der Waals surface area contributed by atoms with Crippen molar-refractivity contribution in [2.24, 2.45) is 0 Å². The van der Waals surface area contributed by atoms with E-state index >= 15 is 0 Å². The fraction of sp³-hybridized carbons (Fsp3) is 0.200.